The minimum Gasteiger partial charge on any atom is -0.295 e. The number of aryl methyl sites for hydroxylation is 2. The van der Waals surface area contributed by atoms with Gasteiger partial charge in [0.2, 0.25) is 11.8 Å². The molecule has 0 bridgehead atoms. The molecule has 0 aliphatic carbocycles. The first kappa shape index (κ1) is 13.5. The van der Waals surface area contributed by atoms with Crippen LogP contribution >= 0.6 is 0 Å². The van der Waals surface area contributed by atoms with E-state index in [1.165, 1.54) is 0 Å². The minimum absolute atomic E-state index is 0.127. The highest BCUT2D eigenvalue weighted by atomic mass is 16.2. The Morgan fingerprint density at radius 2 is 1.52 bits per heavy atom. The molecule has 6 heteroatoms. The van der Waals surface area contributed by atoms with Crippen LogP contribution in [0.3, 0.4) is 0 Å². The van der Waals surface area contributed by atoms with E-state index < -0.39 is 23.8 Å². The first-order valence-corrected chi connectivity index (χ1v) is 6.73. The predicted molar refractivity (Wildman–Crippen MR) is 72.6 cm³/mol. The average molecular weight is 286 g/mol. The van der Waals surface area contributed by atoms with Crippen LogP contribution in [0.1, 0.15) is 44.7 Å². The number of benzene rings is 1. The second kappa shape index (κ2) is 4.51. The van der Waals surface area contributed by atoms with Crippen molar-refractivity contribution < 1.29 is 19.2 Å². The van der Waals surface area contributed by atoms with Crippen molar-refractivity contribution >= 4 is 23.6 Å². The summed E-state index contributed by atoms with van der Waals surface area (Å²) in [5.74, 6) is -1.89. The molecular formula is C15H14N2O4. The SMILES string of the molecule is Cc1cc2c(cc1C)C(=O)N(C1CCC(=O)NC1=O)C2=O. The number of carbonyl (C=O) groups excluding carboxylic acids is 4. The highest BCUT2D eigenvalue weighted by Gasteiger charge is 2.44. The molecule has 2 aliphatic heterocycles. The number of rotatable bonds is 1. The monoisotopic (exact) mass is 286 g/mol. The van der Waals surface area contributed by atoms with Crippen LogP contribution in [0.5, 0.6) is 0 Å². The van der Waals surface area contributed by atoms with Crippen LogP contribution in [0.25, 0.3) is 0 Å². The first-order valence-electron chi connectivity index (χ1n) is 6.73. The Labute approximate surface area is 121 Å². The number of fused-ring (bicyclic) bond motifs is 1. The van der Waals surface area contributed by atoms with Gasteiger partial charge < -0.3 is 0 Å². The van der Waals surface area contributed by atoms with Crippen molar-refractivity contribution in [3.63, 3.8) is 0 Å². The van der Waals surface area contributed by atoms with E-state index in [0.717, 1.165) is 16.0 Å². The van der Waals surface area contributed by atoms with Gasteiger partial charge in [-0.05, 0) is 43.5 Å². The zero-order valence-corrected chi connectivity index (χ0v) is 11.7. The van der Waals surface area contributed by atoms with Crippen molar-refractivity contribution in [3.8, 4) is 0 Å². The van der Waals surface area contributed by atoms with Crippen molar-refractivity contribution in [2.45, 2.75) is 32.7 Å². The van der Waals surface area contributed by atoms with Gasteiger partial charge in [-0.3, -0.25) is 29.4 Å². The zero-order chi connectivity index (χ0) is 15.3. The summed E-state index contributed by atoms with van der Waals surface area (Å²) < 4.78 is 0. The fraction of sp³-hybridized carbons (Fsp3) is 0.333. The van der Waals surface area contributed by atoms with Crippen LogP contribution < -0.4 is 5.32 Å². The van der Waals surface area contributed by atoms with Gasteiger partial charge in [0, 0.05) is 6.42 Å². The summed E-state index contributed by atoms with van der Waals surface area (Å²) in [7, 11) is 0. The third-order valence-corrected chi connectivity index (χ3v) is 4.05. The zero-order valence-electron chi connectivity index (χ0n) is 11.7. The topological polar surface area (TPSA) is 83.6 Å². The smallest absolute Gasteiger partial charge is 0.262 e. The molecule has 6 nitrogen and oxygen atoms in total. The van der Waals surface area contributed by atoms with E-state index in [-0.39, 0.29) is 18.7 Å². The normalized spacial score (nSPS) is 21.6. The van der Waals surface area contributed by atoms with Crippen LogP contribution in [-0.2, 0) is 9.59 Å². The van der Waals surface area contributed by atoms with E-state index in [9.17, 15) is 19.2 Å². The van der Waals surface area contributed by atoms with Crippen molar-refractivity contribution in [3.05, 3.63) is 34.4 Å². The van der Waals surface area contributed by atoms with E-state index >= 15 is 0 Å². The molecule has 0 radical (unpaired) electrons. The first-order chi connectivity index (χ1) is 9.90. The highest BCUT2D eigenvalue weighted by molar-refractivity contribution is 6.23. The molecule has 1 aromatic carbocycles. The van der Waals surface area contributed by atoms with Gasteiger partial charge in [0.1, 0.15) is 6.04 Å². The lowest BCUT2D eigenvalue weighted by atomic mass is 10.0. The summed E-state index contributed by atoms with van der Waals surface area (Å²) >= 11 is 0. The molecule has 108 valence electrons. The van der Waals surface area contributed by atoms with Gasteiger partial charge in [-0.15, -0.1) is 0 Å². The lowest BCUT2D eigenvalue weighted by Crippen LogP contribution is -2.54. The molecule has 3 rings (SSSR count). The Bertz CT molecular complexity index is 667. The third-order valence-electron chi connectivity index (χ3n) is 4.05. The molecule has 0 spiro atoms. The average Bonchev–Trinajstić information content (AvgIpc) is 2.64. The van der Waals surface area contributed by atoms with E-state index in [0.29, 0.717) is 11.1 Å². The molecule has 1 atom stereocenters. The Morgan fingerprint density at radius 3 is 2.00 bits per heavy atom. The lowest BCUT2D eigenvalue weighted by Gasteiger charge is -2.27. The summed E-state index contributed by atoms with van der Waals surface area (Å²) in [5, 5.41) is 2.17. The molecule has 0 saturated carbocycles. The third kappa shape index (κ3) is 1.94. The van der Waals surface area contributed by atoms with E-state index in [2.05, 4.69) is 5.32 Å². The van der Waals surface area contributed by atoms with Gasteiger partial charge in [-0.2, -0.15) is 0 Å². The molecule has 1 fully saturated rings. The summed E-state index contributed by atoms with van der Waals surface area (Å²) in [6.45, 7) is 3.73. The standard InChI is InChI=1S/C15H14N2O4/c1-7-5-9-10(6-8(7)2)15(21)17(14(9)20)11-3-4-12(18)16-13(11)19/h5-6,11H,3-4H2,1-2H3,(H,16,18,19). The maximum Gasteiger partial charge on any atom is 0.262 e. The van der Waals surface area contributed by atoms with Gasteiger partial charge in [0.15, 0.2) is 0 Å². The number of hydrogen-bond acceptors (Lipinski definition) is 4. The number of carbonyl (C=O) groups is 4. The Hall–Kier alpha value is -2.50. The highest BCUT2D eigenvalue weighted by Crippen LogP contribution is 2.29. The van der Waals surface area contributed by atoms with E-state index in [1.54, 1.807) is 12.1 Å². The van der Waals surface area contributed by atoms with Crippen molar-refractivity contribution in [2.24, 2.45) is 0 Å². The Morgan fingerprint density at radius 1 is 1.00 bits per heavy atom. The second-order valence-corrected chi connectivity index (χ2v) is 5.43. The van der Waals surface area contributed by atoms with Crippen LogP contribution in [0.2, 0.25) is 0 Å². The Kier molecular flexibility index (Phi) is 2.90. The maximum atomic E-state index is 12.4. The lowest BCUT2D eigenvalue weighted by molar-refractivity contribution is -0.136. The molecule has 1 aromatic rings. The van der Waals surface area contributed by atoms with E-state index in [1.807, 2.05) is 13.8 Å². The number of hydrogen-bond donors (Lipinski definition) is 1. The van der Waals surface area contributed by atoms with Gasteiger partial charge in [-0.1, -0.05) is 0 Å². The summed E-state index contributed by atoms with van der Waals surface area (Å²) in [6, 6.07) is 2.45. The number of piperidine rings is 1. The maximum absolute atomic E-state index is 12.4. The number of nitrogens with one attached hydrogen (secondary N) is 1. The second-order valence-electron chi connectivity index (χ2n) is 5.43. The molecule has 1 unspecified atom stereocenters. The molecule has 1 saturated heterocycles. The van der Waals surface area contributed by atoms with Crippen molar-refractivity contribution in [1.29, 1.82) is 0 Å². The van der Waals surface area contributed by atoms with Crippen molar-refractivity contribution in [2.75, 3.05) is 0 Å². The van der Waals surface area contributed by atoms with Crippen LogP contribution in [-0.4, -0.2) is 34.6 Å². The summed E-state index contributed by atoms with van der Waals surface area (Å²) in [6.07, 6.45) is 0.302. The summed E-state index contributed by atoms with van der Waals surface area (Å²) in [5.41, 5.74) is 2.49. The summed E-state index contributed by atoms with van der Waals surface area (Å²) in [4.78, 5) is 48.9. The van der Waals surface area contributed by atoms with Gasteiger partial charge in [-0.25, -0.2) is 0 Å². The molecule has 4 amide bonds. The van der Waals surface area contributed by atoms with Crippen LogP contribution in [0, 0.1) is 13.8 Å². The number of nitrogens with zero attached hydrogens (tertiary/aromatic N) is 1. The van der Waals surface area contributed by atoms with Gasteiger partial charge >= 0.3 is 0 Å². The molecular weight excluding hydrogens is 272 g/mol. The van der Waals surface area contributed by atoms with Gasteiger partial charge in [0.25, 0.3) is 11.8 Å². The predicted octanol–water partition coefficient (Wildman–Crippen LogP) is 0.705. The number of amides is 4. The Balaban J connectivity index is 2.00. The van der Waals surface area contributed by atoms with E-state index in [4.69, 9.17) is 0 Å². The van der Waals surface area contributed by atoms with Crippen molar-refractivity contribution in [1.82, 2.24) is 10.2 Å². The fourth-order valence-electron chi connectivity index (χ4n) is 2.73. The van der Waals surface area contributed by atoms with Crippen LogP contribution in [0.4, 0.5) is 0 Å². The minimum atomic E-state index is -0.907. The number of imide groups is 2. The fourth-order valence-corrected chi connectivity index (χ4v) is 2.73. The van der Waals surface area contributed by atoms with Crippen LogP contribution in [0.15, 0.2) is 12.1 Å². The molecule has 2 heterocycles. The molecule has 1 N–H and O–H groups in total. The van der Waals surface area contributed by atoms with Gasteiger partial charge in [0.05, 0.1) is 11.1 Å². The quantitative estimate of drug-likeness (QED) is 0.770. The largest absolute Gasteiger partial charge is 0.295 e. The molecule has 0 aromatic heterocycles. The molecule has 21 heavy (non-hydrogen) atoms. The molecule has 2 aliphatic rings.